The van der Waals surface area contributed by atoms with E-state index in [9.17, 15) is 20.0 Å². The number of carbonyl (C=O) groups excluding carboxylic acids is 1. The van der Waals surface area contributed by atoms with Gasteiger partial charge in [0.25, 0.3) is 11.6 Å². The SMILES string of the molecule is CCCCN1CC[C@@H](CNC(=O)c2cc([N+](=O)[O-])cc3c2OCCO3)C(O)C1. The van der Waals surface area contributed by atoms with Crippen LogP contribution in [0.25, 0.3) is 0 Å². The van der Waals surface area contributed by atoms with Crippen LogP contribution in [0.4, 0.5) is 5.69 Å². The first-order chi connectivity index (χ1) is 13.5. The number of β-amino-alcohol motifs (C(OH)–C–C–N with tert-alkyl or cyclic N) is 1. The second-order valence-electron chi connectivity index (χ2n) is 7.25. The fourth-order valence-electron chi connectivity index (χ4n) is 3.60. The van der Waals surface area contributed by atoms with E-state index in [1.165, 1.54) is 12.1 Å². The van der Waals surface area contributed by atoms with E-state index in [0.29, 0.717) is 13.1 Å². The van der Waals surface area contributed by atoms with E-state index in [2.05, 4.69) is 17.1 Å². The molecular formula is C19H27N3O6. The number of hydrogen-bond donors (Lipinski definition) is 2. The first-order valence-electron chi connectivity index (χ1n) is 9.76. The quantitative estimate of drug-likeness (QED) is 0.534. The predicted octanol–water partition coefficient (Wildman–Crippen LogP) is 1.58. The van der Waals surface area contributed by atoms with Gasteiger partial charge in [-0.2, -0.15) is 0 Å². The predicted molar refractivity (Wildman–Crippen MR) is 102 cm³/mol. The number of fused-ring (bicyclic) bond motifs is 1. The molecular weight excluding hydrogens is 366 g/mol. The summed E-state index contributed by atoms with van der Waals surface area (Å²) in [7, 11) is 0. The maximum absolute atomic E-state index is 12.7. The van der Waals surface area contributed by atoms with E-state index >= 15 is 0 Å². The number of nitrogens with one attached hydrogen (secondary N) is 1. The number of ether oxygens (including phenoxy) is 2. The summed E-state index contributed by atoms with van der Waals surface area (Å²) in [5.74, 6) is -0.0845. The number of unbranched alkanes of at least 4 members (excludes halogenated alkanes) is 1. The first-order valence-corrected chi connectivity index (χ1v) is 9.76. The zero-order chi connectivity index (χ0) is 20.1. The van der Waals surface area contributed by atoms with Gasteiger partial charge in [0.1, 0.15) is 13.2 Å². The van der Waals surface area contributed by atoms with Gasteiger partial charge < -0.3 is 24.8 Å². The summed E-state index contributed by atoms with van der Waals surface area (Å²) in [6, 6.07) is 2.47. The van der Waals surface area contributed by atoms with Crippen molar-refractivity contribution in [3.63, 3.8) is 0 Å². The number of likely N-dealkylation sites (tertiary alicyclic amines) is 1. The lowest BCUT2D eigenvalue weighted by molar-refractivity contribution is -0.385. The number of benzene rings is 1. The number of carbonyl (C=O) groups is 1. The Labute approximate surface area is 163 Å². The minimum atomic E-state index is -0.565. The fraction of sp³-hybridized carbons (Fsp3) is 0.632. The van der Waals surface area contributed by atoms with Crippen LogP contribution >= 0.6 is 0 Å². The van der Waals surface area contributed by atoms with Crippen LogP contribution in [-0.4, -0.2) is 66.3 Å². The molecule has 1 amide bonds. The van der Waals surface area contributed by atoms with Crippen LogP contribution in [0.15, 0.2) is 12.1 Å². The van der Waals surface area contributed by atoms with Gasteiger partial charge in [-0.25, -0.2) is 0 Å². The van der Waals surface area contributed by atoms with Gasteiger partial charge in [0.2, 0.25) is 0 Å². The smallest absolute Gasteiger partial charge is 0.274 e. The van der Waals surface area contributed by atoms with E-state index in [1.807, 2.05) is 0 Å². The van der Waals surface area contributed by atoms with E-state index in [1.54, 1.807) is 0 Å². The molecule has 0 aliphatic carbocycles. The monoisotopic (exact) mass is 393 g/mol. The van der Waals surface area contributed by atoms with Crippen molar-refractivity contribution in [3.8, 4) is 11.5 Å². The van der Waals surface area contributed by atoms with Gasteiger partial charge in [-0.3, -0.25) is 14.9 Å². The molecule has 1 fully saturated rings. The molecule has 0 aromatic heterocycles. The highest BCUT2D eigenvalue weighted by Gasteiger charge is 2.29. The molecule has 2 aliphatic rings. The number of aliphatic hydroxyl groups is 1. The molecule has 9 nitrogen and oxygen atoms in total. The zero-order valence-electron chi connectivity index (χ0n) is 16.1. The maximum atomic E-state index is 12.7. The second-order valence-corrected chi connectivity index (χ2v) is 7.25. The average Bonchev–Trinajstić information content (AvgIpc) is 2.70. The Hall–Kier alpha value is -2.39. The van der Waals surface area contributed by atoms with Crippen molar-refractivity contribution in [2.24, 2.45) is 5.92 Å². The zero-order valence-corrected chi connectivity index (χ0v) is 16.1. The molecule has 0 bridgehead atoms. The van der Waals surface area contributed by atoms with Gasteiger partial charge in [0.05, 0.1) is 22.7 Å². The molecule has 1 aromatic rings. The van der Waals surface area contributed by atoms with E-state index in [4.69, 9.17) is 9.47 Å². The lowest BCUT2D eigenvalue weighted by Gasteiger charge is -2.36. The summed E-state index contributed by atoms with van der Waals surface area (Å²) in [5.41, 5.74) is -0.141. The molecule has 28 heavy (non-hydrogen) atoms. The third kappa shape index (κ3) is 4.71. The van der Waals surface area contributed by atoms with Gasteiger partial charge in [0.15, 0.2) is 11.5 Å². The molecule has 0 spiro atoms. The highest BCUT2D eigenvalue weighted by molar-refractivity contribution is 5.98. The van der Waals surface area contributed by atoms with Gasteiger partial charge in [-0.05, 0) is 25.9 Å². The van der Waals surface area contributed by atoms with E-state index in [0.717, 1.165) is 32.4 Å². The van der Waals surface area contributed by atoms with Crippen LogP contribution in [0.3, 0.4) is 0 Å². The van der Waals surface area contributed by atoms with Crippen molar-refractivity contribution in [3.05, 3.63) is 27.8 Å². The average molecular weight is 393 g/mol. The Morgan fingerprint density at radius 2 is 2.18 bits per heavy atom. The Morgan fingerprint density at radius 3 is 2.89 bits per heavy atom. The molecule has 2 aliphatic heterocycles. The minimum Gasteiger partial charge on any atom is -0.486 e. The minimum absolute atomic E-state index is 0.0477. The summed E-state index contributed by atoms with van der Waals surface area (Å²) in [6.07, 6.45) is 2.50. The fourth-order valence-corrected chi connectivity index (χ4v) is 3.60. The summed E-state index contributed by atoms with van der Waals surface area (Å²) in [5, 5.41) is 24.4. The van der Waals surface area contributed by atoms with Crippen molar-refractivity contribution < 1.29 is 24.3 Å². The number of hydrogen-bond acceptors (Lipinski definition) is 7. The molecule has 0 saturated carbocycles. The number of nitro benzene ring substituents is 1. The molecule has 2 heterocycles. The van der Waals surface area contributed by atoms with Crippen molar-refractivity contribution in [2.45, 2.75) is 32.3 Å². The first kappa shape index (κ1) is 20.3. The van der Waals surface area contributed by atoms with Crippen molar-refractivity contribution >= 4 is 11.6 Å². The molecule has 154 valence electrons. The van der Waals surface area contributed by atoms with E-state index in [-0.39, 0.29) is 41.9 Å². The summed E-state index contributed by atoms with van der Waals surface area (Å²) in [6.45, 7) is 5.46. The number of nitro groups is 1. The second kappa shape index (κ2) is 9.20. The van der Waals surface area contributed by atoms with E-state index < -0.39 is 16.9 Å². The molecule has 3 rings (SSSR count). The molecule has 2 N–H and O–H groups in total. The Bertz CT molecular complexity index is 726. The van der Waals surface area contributed by atoms with Gasteiger partial charge in [0, 0.05) is 25.1 Å². The largest absolute Gasteiger partial charge is 0.486 e. The van der Waals surface area contributed by atoms with Crippen LogP contribution in [-0.2, 0) is 0 Å². The number of amides is 1. The van der Waals surface area contributed by atoms with Crippen LogP contribution in [0.1, 0.15) is 36.5 Å². The molecule has 1 aromatic carbocycles. The number of nitrogens with zero attached hydrogens (tertiary/aromatic N) is 2. The Kier molecular flexibility index (Phi) is 6.69. The number of piperidine rings is 1. The molecule has 0 radical (unpaired) electrons. The lowest BCUT2D eigenvalue weighted by Crippen LogP contribution is -2.47. The molecule has 9 heteroatoms. The highest BCUT2D eigenvalue weighted by atomic mass is 16.6. The lowest BCUT2D eigenvalue weighted by atomic mass is 9.93. The maximum Gasteiger partial charge on any atom is 0.274 e. The summed E-state index contributed by atoms with van der Waals surface area (Å²) >= 11 is 0. The van der Waals surface area contributed by atoms with Crippen LogP contribution in [0.5, 0.6) is 11.5 Å². The summed E-state index contributed by atoms with van der Waals surface area (Å²) < 4.78 is 10.9. The number of aliphatic hydroxyl groups excluding tert-OH is 1. The van der Waals surface area contributed by atoms with Crippen molar-refractivity contribution in [1.29, 1.82) is 0 Å². The van der Waals surface area contributed by atoms with Gasteiger partial charge in [-0.15, -0.1) is 0 Å². The van der Waals surface area contributed by atoms with Crippen molar-refractivity contribution in [1.82, 2.24) is 10.2 Å². The highest BCUT2D eigenvalue weighted by Crippen LogP contribution is 2.37. The molecule has 1 unspecified atom stereocenters. The molecule has 1 saturated heterocycles. The third-order valence-electron chi connectivity index (χ3n) is 5.24. The number of non-ortho nitro benzene ring substituents is 1. The third-order valence-corrected chi connectivity index (χ3v) is 5.24. The standard InChI is InChI=1S/C19H27N3O6/c1-2-3-5-21-6-4-13(16(23)12-21)11-20-19(24)15-9-14(22(25)26)10-17-18(15)28-8-7-27-17/h9-10,13,16,23H,2-8,11-12H2,1H3,(H,20,24)/t13-,16?/m0/s1. The number of rotatable bonds is 7. The molecule has 2 atom stereocenters. The normalized spacial score (nSPS) is 21.9. The van der Waals surface area contributed by atoms with Crippen LogP contribution in [0, 0.1) is 16.0 Å². The van der Waals surface area contributed by atoms with Crippen LogP contribution < -0.4 is 14.8 Å². The topological polar surface area (TPSA) is 114 Å². The van der Waals surface area contributed by atoms with Crippen molar-refractivity contribution in [2.75, 3.05) is 39.4 Å². The van der Waals surface area contributed by atoms with Crippen LogP contribution in [0.2, 0.25) is 0 Å². The Morgan fingerprint density at radius 1 is 1.39 bits per heavy atom. The van der Waals surface area contributed by atoms with Gasteiger partial charge >= 0.3 is 0 Å². The Balaban J connectivity index is 1.64. The summed E-state index contributed by atoms with van der Waals surface area (Å²) in [4.78, 5) is 25.5. The van der Waals surface area contributed by atoms with Gasteiger partial charge in [-0.1, -0.05) is 13.3 Å².